The van der Waals surface area contributed by atoms with Crippen molar-refractivity contribution < 1.29 is 42.9 Å². The number of amides is 2. The van der Waals surface area contributed by atoms with Crippen LogP contribution in [0.15, 0.2) is 11.6 Å². The van der Waals surface area contributed by atoms with Crippen molar-refractivity contribution in [2.75, 3.05) is 33.4 Å². The molecule has 2 amide bonds. The van der Waals surface area contributed by atoms with Crippen molar-refractivity contribution in [2.45, 2.75) is 134 Å². The minimum Gasteiger partial charge on any atom is -0.443 e. The Morgan fingerprint density at radius 2 is 1.54 bits per heavy atom. The standard InChI is InChI=1S/C35H58N6O9/c1-20(2)8-13-27-34(6,50-27)32-31(47-7)26(14-15-35(32)19-48-35)49-33(46)40-24-11-9-23(10-12-24)39-28(44)18-38-41-29(21(3)4)30(45)25(43)17-37-36-16-22(5)42/h8,21,23-24,26-27,29,31-32,36-38,41H,9-19H2,1-7H3,(H,39,44)(H,40,46)/t23?,24?,26?,27-,29+,31?,32?,34?,35+/m1/s1. The van der Waals surface area contributed by atoms with Crippen LogP contribution in [0.4, 0.5) is 4.79 Å². The van der Waals surface area contributed by atoms with Crippen LogP contribution in [-0.4, -0.2) is 110 Å². The van der Waals surface area contributed by atoms with Crippen molar-refractivity contribution in [2.24, 2.45) is 11.8 Å². The second kappa shape index (κ2) is 17.6. The maximum Gasteiger partial charge on any atom is 0.407 e. The summed E-state index contributed by atoms with van der Waals surface area (Å²) in [7, 11) is 1.66. The first-order valence-electron chi connectivity index (χ1n) is 17.9. The second-order valence-corrected chi connectivity index (χ2v) is 15.0. The van der Waals surface area contributed by atoms with E-state index in [0.29, 0.717) is 38.7 Å². The number of alkyl carbamates (subject to hydrolysis) is 1. The molecule has 2 aliphatic heterocycles. The van der Waals surface area contributed by atoms with Crippen molar-refractivity contribution in [1.82, 2.24) is 32.3 Å². The van der Waals surface area contributed by atoms with E-state index in [9.17, 15) is 24.0 Å². The number of hydrogen-bond donors (Lipinski definition) is 6. The summed E-state index contributed by atoms with van der Waals surface area (Å²) in [5.41, 5.74) is 11.3. The lowest BCUT2D eigenvalue weighted by Gasteiger charge is -2.42. The van der Waals surface area contributed by atoms with Gasteiger partial charge in [-0.3, -0.25) is 24.6 Å². The van der Waals surface area contributed by atoms with E-state index in [4.69, 9.17) is 18.9 Å². The van der Waals surface area contributed by atoms with E-state index in [1.54, 1.807) is 21.0 Å². The smallest absolute Gasteiger partial charge is 0.407 e. The molecule has 7 atom stereocenters. The summed E-state index contributed by atoms with van der Waals surface area (Å²) in [6, 6.07) is -0.960. The Morgan fingerprint density at radius 1 is 0.900 bits per heavy atom. The van der Waals surface area contributed by atoms with Gasteiger partial charge < -0.3 is 29.6 Å². The number of ketones is 3. The predicted molar refractivity (Wildman–Crippen MR) is 184 cm³/mol. The summed E-state index contributed by atoms with van der Waals surface area (Å²) < 4.78 is 24.3. The molecule has 0 aromatic rings. The van der Waals surface area contributed by atoms with E-state index in [1.165, 1.54) is 12.5 Å². The third-order valence-corrected chi connectivity index (χ3v) is 10.4. The molecule has 4 fully saturated rings. The van der Waals surface area contributed by atoms with E-state index in [1.807, 2.05) is 0 Å². The average molecular weight is 707 g/mol. The molecule has 4 unspecified atom stereocenters. The number of carbonyl (C=O) groups is 5. The summed E-state index contributed by atoms with van der Waals surface area (Å²) in [5, 5.41) is 6.03. The summed E-state index contributed by atoms with van der Waals surface area (Å²) in [6.45, 7) is 11.6. The zero-order valence-corrected chi connectivity index (χ0v) is 30.6. The lowest BCUT2D eigenvalue weighted by Crippen LogP contribution is -2.56. The molecule has 6 N–H and O–H groups in total. The zero-order chi connectivity index (χ0) is 36.6. The van der Waals surface area contributed by atoms with E-state index >= 15 is 0 Å². The molecule has 4 aliphatic rings. The van der Waals surface area contributed by atoms with Gasteiger partial charge in [0, 0.05) is 19.2 Å². The van der Waals surface area contributed by atoms with Gasteiger partial charge in [-0.1, -0.05) is 25.5 Å². The minimum atomic E-state index is -0.831. The van der Waals surface area contributed by atoms with E-state index < -0.39 is 35.4 Å². The van der Waals surface area contributed by atoms with Gasteiger partial charge in [-0.2, -0.15) is 0 Å². The molecule has 1 spiro atoms. The van der Waals surface area contributed by atoms with Gasteiger partial charge in [-0.05, 0) is 78.6 Å². The van der Waals surface area contributed by atoms with Gasteiger partial charge in [0.15, 0.2) is 0 Å². The van der Waals surface area contributed by atoms with Crippen molar-refractivity contribution in [3.05, 3.63) is 11.6 Å². The molecule has 2 saturated carbocycles. The highest BCUT2D eigenvalue weighted by Crippen LogP contribution is 2.59. The summed E-state index contributed by atoms with van der Waals surface area (Å²) in [5.74, 6) is -1.91. The van der Waals surface area contributed by atoms with Crippen molar-refractivity contribution in [1.29, 1.82) is 0 Å². The molecule has 0 radical (unpaired) electrons. The molecule has 282 valence electrons. The van der Waals surface area contributed by atoms with Gasteiger partial charge in [-0.15, -0.1) is 0 Å². The van der Waals surface area contributed by atoms with Crippen LogP contribution in [0.2, 0.25) is 0 Å². The number of Topliss-reactive ketones (excluding diaryl/α,β-unsaturated/α-hetero) is 3. The molecule has 4 rings (SSSR count). The quantitative estimate of drug-likeness (QED) is 0.0368. The molecule has 15 heteroatoms. The number of allylic oxidation sites excluding steroid dienone is 1. The Hall–Kier alpha value is -2.79. The molecule has 0 aromatic heterocycles. The highest BCUT2D eigenvalue weighted by Gasteiger charge is 2.72. The van der Waals surface area contributed by atoms with Gasteiger partial charge in [0.25, 0.3) is 0 Å². The molecule has 0 aromatic carbocycles. The second-order valence-electron chi connectivity index (χ2n) is 15.0. The van der Waals surface area contributed by atoms with E-state index in [2.05, 4.69) is 59.2 Å². The van der Waals surface area contributed by atoms with Gasteiger partial charge in [0.2, 0.25) is 17.5 Å². The van der Waals surface area contributed by atoms with Crippen LogP contribution in [0, 0.1) is 11.8 Å². The fraction of sp³-hybridized carbons (Fsp3) is 0.800. The van der Waals surface area contributed by atoms with Gasteiger partial charge in [0.05, 0.1) is 44.3 Å². The number of hydrogen-bond acceptors (Lipinski definition) is 13. The first kappa shape index (κ1) is 40.0. The third-order valence-electron chi connectivity index (χ3n) is 10.4. The molecule has 50 heavy (non-hydrogen) atoms. The Kier molecular flexibility index (Phi) is 14.1. The van der Waals surface area contributed by atoms with Crippen LogP contribution in [-0.2, 0) is 38.1 Å². The van der Waals surface area contributed by atoms with Crippen LogP contribution < -0.4 is 32.3 Å². The summed E-state index contributed by atoms with van der Waals surface area (Å²) in [6.07, 6.45) is 6.03. The number of epoxide rings is 2. The fourth-order valence-corrected chi connectivity index (χ4v) is 7.44. The maximum absolute atomic E-state index is 13.1. The maximum atomic E-state index is 13.1. The highest BCUT2D eigenvalue weighted by atomic mass is 16.6. The average Bonchev–Trinajstić information content (AvgIpc) is 3.97. The van der Waals surface area contributed by atoms with Crippen molar-refractivity contribution in [3.8, 4) is 0 Å². The topological polar surface area (TPSA) is 201 Å². The monoisotopic (exact) mass is 706 g/mol. The normalized spacial score (nSPS) is 32.2. The Balaban J connectivity index is 1.16. The molecule has 2 heterocycles. The molecule has 0 bridgehead atoms. The van der Waals surface area contributed by atoms with Gasteiger partial charge in [0.1, 0.15) is 29.2 Å². The third kappa shape index (κ3) is 10.6. The van der Waals surface area contributed by atoms with Crippen LogP contribution in [0.3, 0.4) is 0 Å². The van der Waals surface area contributed by atoms with Crippen LogP contribution in [0.25, 0.3) is 0 Å². The molecular formula is C35H58N6O9. The summed E-state index contributed by atoms with van der Waals surface area (Å²) in [4.78, 5) is 61.7. The zero-order valence-electron chi connectivity index (χ0n) is 30.6. The van der Waals surface area contributed by atoms with Crippen molar-refractivity contribution in [3.63, 3.8) is 0 Å². The number of carbonyl (C=O) groups excluding carboxylic acids is 5. The SMILES string of the molecule is COC1C(OC(=O)NC2CCC(NC(=O)CNN[C@H](C(=O)C(=O)CNNCC(C)=O)C(C)C)CC2)CC[C@]2(CO2)C1C1(C)O[C@@H]1CC=C(C)C. The molecule has 15 nitrogen and oxygen atoms in total. The fourth-order valence-electron chi connectivity index (χ4n) is 7.44. The largest absolute Gasteiger partial charge is 0.443 e. The Bertz CT molecular complexity index is 1260. The number of hydrazine groups is 2. The van der Waals surface area contributed by atoms with E-state index in [-0.39, 0.29) is 73.1 Å². The first-order chi connectivity index (χ1) is 23.7. The Labute approximate surface area is 295 Å². The van der Waals surface area contributed by atoms with Gasteiger partial charge in [-0.25, -0.2) is 21.1 Å². The summed E-state index contributed by atoms with van der Waals surface area (Å²) >= 11 is 0. The van der Waals surface area contributed by atoms with Crippen LogP contribution >= 0.6 is 0 Å². The Morgan fingerprint density at radius 3 is 2.12 bits per heavy atom. The lowest BCUT2D eigenvalue weighted by atomic mass is 9.68. The lowest BCUT2D eigenvalue weighted by molar-refractivity contribution is -0.138. The number of rotatable bonds is 19. The minimum absolute atomic E-state index is 0.0375. The highest BCUT2D eigenvalue weighted by molar-refractivity contribution is 6.40. The van der Waals surface area contributed by atoms with Crippen LogP contribution in [0.1, 0.15) is 86.5 Å². The molecular weight excluding hydrogens is 648 g/mol. The predicted octanol–water partition coefficient (Wildman–Crippen LogP) is 1.16. The molecule has 2 aliphatic carbocycles. The van der Waals surface area contributed by atoms with E-state index in [0.717, 1.165) is 12.8 Å². The van der Waals surface area contributed by atoms with Gasteiger partial charge >= 0.3 is 6.09 Å². The molecule has 2 saturated heterocycles. The first-order valence-corrected chi connectivity index (χ1v) is 17.9. The number of nitrogens with one attached hydrogen (secondary N) is 6. The van der Waals surface area contributed by atoms with Crippen molar-refractivity contribution >= 4 is 29.4 Å². The number of ether oxygens (including phenoxy) is 4. The van der Waals surface area contributed by atoms with Crippen LogP contribution in [0.5, 0.6) is 0 Å². The number of methoxy groups -OCH3 is 1.